The largest absolute Gasteiger partial charge is 0.496 e. The van der Waals surface area contributed by atoms with E-state index in [1.807, 2.05) is 42.5 Å². The van der Waals surface area contributed by atoms with Crippen molar-refractivity contribution in [2.24, 2.45) is 0 Å². The molecule has 1 amide bonds. The van der Waals surface area contributed by atoms with Crippen LogP contribution >= 0.6 is 11.3 Å². The third-order valence-electron chi connectivity index (χ3n) is 4.06. The zero-order valence-corrected chi connectivity index (χ0v) is 16.7. The van der Waals surface area contributed by atoms with Gasteiger partial charge in [-0.25, -0.2) is 0 Å². The molecule has 0 aliphatic rings. The molecule has 2 aromatic carbocycles. The topological polar surface area (TPSA) is 82.6 Å². The fourth-order valence-electron chi connectivity index (χ4n) is 2.73. The van der Waals surface area contributed by atoms with Gasteiger partial charge < -0.3 is 19.5 Å². The summed E-state index contributed by atoms with van der Waals surface area (Å²) in [7, 11) is 4.78. The van der Waals surface area contributed by atoms with Gasteiger partial charge in [0.05, 0.1) is 27.8 Å². The Hall–Kier alpha value is -3.13. The summed E-state index contributed by atoms with van der Waals surface area (Å²) < 4.78 is 15.8. The van der Waals surface area contributed by atoms with Gasteiger partial charge in [0.1, 0.15) is 10.8 Å². The first-order valence-electron chi connectivity index (χ1n) is 8.58. The predicted molar refractivity (Wildman–Crippen MR) is 108 cm³/mol. The van der Waals surface area contributed by atoms with Gasteiger partial charge >= 0.3 is 0 Å². The summed E-state index contributed by atoms with van der Waals surface area (Å²) in [4.78, 5) is 12.3. The maximum Gasteiger partial charge on any atom is 0.230 e. The van der Waals surface area contributed by atoms with E-state index in [2.05, 4.69) is 15.5 Å². The lowest BCUT2D eigenvalue weighted by Crippen LogP contribution is -2.14. The highest BCUT2D eigenvalue weighted by atomic mass is 32.1. The molecule has 1 aromatic heterocycles. The number of carbonyl (C=O) groups excluding carboxylic acids is 1. The lowest BCUT2D eigenvalue weighted by atomic mass is 10.1. The maximum absolute atomic E-state index is 12.3. The Morgan fingerprint density at radius 2 is 1.71 bits per heavy atom. The van der Waals surface area contributed by atoms with Crippen molar-refractivity contribution in [2.45, 2.75) is 12.8 Å². The molecule has 0 atom stereocenters. The van der Waals surface area contributed by atoms with Crippen molar-refractivity contribution in [2.75, 3.05) is 26.6 Å². The van der Waals surface area contributed by atoms with Crippen LogP contribution in [0, 0.1) is 0 Å². The van der Waals surface area contributed by atoms with Gasteiger partial charge in [0.2, 0.25) is 11.0 Å². The molecule has 0 fully saturated rings. The summed E-state index contributed by atoms with van der Waals surface area (Å²) in [5, 5.41) is 12.3. The minimum Gasteiger partial charge on any atom is -0.496 e. The van der Waals surface area contributed by atoms with Crippen molar-refractivity contribution in [3.05, 3.63) is 58.6 Å². The summed E-state index contributed by atoms with van der Waals surface area (Å²) >= 11 is 1.34. The SMILES string of the molecule is COc1ccccc1CC(=O)Nc1nnc(Cc2ccc(OC)c(OC)c2)s1. The van der Waals surface area contributed by atoms with Crippen molar-refractivity contribution in [3.8, 4) is 17.2 Å². The minimum atomic E-state index is -0.168. The van der Waals surface area contributed by atoms with Crippen LogP contribution < -0.4 is 19.5 Å². The fraction of sp³-hybridized carbons (Fsp3) is 0.250. The molecule has 0 spiro atoms. The average molecular weight is 399 g/mol. The molecular weight excluding hydrogens is 378 g/mol. The number of rotatable bonds is 8. The second-order valence-electron chi connectivity index (χ2n) is 5.90. The lowest BCUT2D eigenvalue weighted by Gasteiger charge is -2.08. The van der Waals surface area contributed by atoms with Gasteiger partial charge in [0.25, 0.3) is 0 Å². The van der Waals surface area contributed by atoms with E-state index in [-0.39, 0.29) is 12.3 Å². The molecule has 28 heavy (non-hydrogen) atoms. The van der Waals surface area contributed by atoms with Crippen molar-refractivity contribution in [1.82, 2.24) is 10.2 Å². The van der Waals surface area contributed by atoms with Gasteiger partial charge in [0, 0.05) is 12.0 Å². The van der Waals surface area contributed by atoms with Crippen molar-refractivity contribution >= 4 is 22.4 Å². The van der Waals surface area contributed by atoms with Gasteiger partial charge in [-0.1, -0.05) is 35.6 Å². The molecule has 3 aromatic rings. The number of anilines is 1. The third-order valence-corrected chi connectivity index (χ3v) is 4.90. The average Bonchev–Trinajstić information content (AvgIpc) is 3.14. The van der Waals surface area contributed by atoms with Gasteiger partial charge in [-0.15, -0.1) is 10.2 Å². The Morgan fingerprint density at radius 3 is 2.46 bits per heavy atom. The molecule has 0 unspecified atom stereocenters. The molecule has 8 heteroatoms. The molecule has 3 rings (SSSR count). The lowest BCUT2D eigenvalue weighted by molar-refractivity contribution is -0.115. The van der Waals surface area contributed by atoms with Crippen LogP contribution in [0.1, 0.15) is 16.1 Å². The summed E-state index contributed by atoms with van der Waals surface area (Å²) in [6, 6.07) is 13.1. The van der Waals surface area contributed by atoms with Crippen LogP contribution in [0.25, 0.3) is 0 Å². The Morgan fingerprint density at radius 1 is 0.964 bits per heavy atom. The van der Waals surface area contributed by atoms with E-state index in [0.29, 0.717) is 28.8 Å². The van der Waals surface area contributed by atoms with Gasteiger partial charge in [0.15, 0.2) is 11.5 Å². The van der Waals surface area contributed by atoms with E-state index in [1.54, 1.807) is 21.3 Å². The number of carbonyl (C=O) groups is 1. The highest BCUT2D eigenvalue weighted by Gasteiger charge is 2.12. The number of ether oxygens (including phenoxy) is 3. The van der Waals surface area contributed by atoms with Crippen molar-refractivity contribution < 1.29 is 19.0 Å². The van der Waals surface area contributed by atoms with Gasteiger partial charge in [-0.05, 0) is 23.8 Å². The second kappa shape index (κ2) is 9.18. The molecule has 0 saturated heterocycles. The number of methoxy groups -OCH3 is 3. The number of nitrogens with zero attached hydrogens (tertiary/aromatic N) is 2. The van der Waals surface area contributed by atoms with Crippen LogP contribution in [-0.4, -0.2) is 37.4 Å². The van der Waals surface area contributed by atoms with Crippen molar-refractivity contribution in [3.63, 3.8) is 0 Å². The maximum atomic E-state index is 12.3. The van der Waals surface area contributed by atoms with E-state index in [9.17, 15) is 4.79 Å². The normalized spacial score (nSPS) is 10.4. The van der Waals surface area contributed by atoms with Crippen LogP contribution in [0.4, 0.5) is 5.13 Å². The van der Waals surface area contributed by atoms with E-state index in [1.165, 1.54) is 11.3 Å². The fourth-order valence-corrected chi connectivity index (χ4v) is 3.52. The highest BCUT2D eigenvalue weighted by Crippen LogP contribution is 2.29. The molecule has 7 nitrogen and oxygen atoms in total. The molecular formula is C20H21N3O4S. The van der Waals surface area contributed by atoms with E-state index in [0.717, 1.165) is 16.1 Å². The van der Waals surface area contributed by atoms with Gasteiger partial charge in [-0.2, -0.15) is 0 Å². The quantitative estimate of drug-likeness (QED) is 0.626. The van der Waals surface area contributed by atoms with Gasteiger partial charge in [-0.3, -0.25) is 4.79 Å². The number of aromatic nitrogens is 2. The van der Waals surface area contributed by atoms with Crippen LogP contribution in [-0.2, 0) is 17.6 Å². The Kier molecular flexibility index (Phi) is 6.44. The zero-order valence-electron chi connectivity index (χ0n) is 15.9. The predicted octanol–water partition coefficient (Wildman–Crippen LogP) is 3.34. The Balaban J connectivity index is 1.63. The Bertz CT molecular complexity index is 958. The standard InChI is InChI=1S/C20H21N3O4S/c1-25-15-7-5-4-6-14(15)12-18(24)21-20-23-22-19(28-20)11-13-8-9-16(26-2)17(10-13)27-3/h4-10H,11-12H2,1-3H3,(H,21,23,24). The molecule has 0 radical (unpaired) electrons. The number of hydrogen-bond donors (Lipinski definition) is 1. The number of amides is 1. The number of benzene rings is 2. The van der Waals surface area contributed by atoms with Crippen LogP contribution in [0.15, 0.2) is 42.5 Å². The number of hydrogen-bond acceptors (Lipinski definition) is 7. The number of nitrogens with one attached hydrogen (secondary N) is 1. The molecule has 0 aliphatic heterocycles. The van der Waals surface area contributed by atoms with Crippen LogP contribution in [0.5, 0.6) is 17.2 Å². The first kappa shape index (κ1) is 19.6. The molecule has 146 valence electrons. The van der Waals surface area contributed by atoms with Crippen LogP contribution in [0.2, 0.25) is 0 Å². The van der Waals surface area contributed by atoms with E-state index >= 15 is 0 Å². The summed E-state index contributed by atoms with van der Waals surface area (Å²) in [6.45, 7) is 0. The van der Waals surface area contributed by atoms with Crippen molar-refractivity contribution in [1.29, 1.82) is 0 Å². The Labute approximate surface area is 167 Å². The highest BCUT2D eigenvalue weighted by molar-refractivity contribution is 7.15. The second-order valence-corrected chi connectivity index (χ2v) is 6.97. The number of para-hydroxylation sites is 1. The summed E-state index contributed by atoms with van der Waals surface area (Å²) in [6.07, 6.45) is 0.787. The van der Waals surface area contributed by atoms with Crippen LogP contribution in [0.3, 0.4) is 0 Å². The summed E-state index contributed by atoms with van der Waals surface area (Å²) in [5.41, 5.74) is 1.83. The summed E-state index contributed by atoms with van der Waals surface area (Å²) in [5.74, 6) is 1.85. The molecule has 0 saturated carbocycles. The third kappa shape index (κ3) is 4.77. The minimum absolute atomic E-state index is 0.168. The smallest absolute Gasteiger partial charge is 0.230 e. The first-order chi connectivity index (χ1) is 13.6. The van der Waals surface area contributed by atoms with E-state index in [4.69, 9.17) is 14.2 Å². The van der Waals surface area contributed by atoms with E-state index < -0.39 is 0 Å². The molecule has 1 N–H and O–H groups in total. The first-order valence-corrected chi connectivity index (χ1v) is 9.39. The monoisotopic (exact) mass is 399 g/mol. The molecule has 0 aliphatic carbocycles. The zero-order chi connectivity index (χ0) is 19.9. The molecule has 1 heterocycles. The molecule has 0 bridgehead atoms.